The van der Waals surface area contributed by atoms with Crippen molar-refractivity contribution in [3.8, 4) is 0 Å². The zero-order valence-electron chi connectivity index (χ0n) is 16.3. The maximum Gasteiger partial charge on any atom is 0.315 e. The van der Waals surface area contributed by atoms with E-state index in [0.717, 1.165) is 25.7 Å². The topological polar surface area (TPSA) is 70.2 Å². The largest absolute Gasteiger partial charge is 0.355 e. The average Bonchev–Trinajstić information content (AvgIpc) is 2.66. The highest BCUT2D eigenvalue weighted by molar-refractivity contribution is 5.76. The minimum Gasteiger partial charge on any atom is -0.355 e. The van der Waals surface area contributed by atoms with Gasteiger partial charge in [-0.2, -0.15) is 0 Å². The molecule has 0 atom stereocenters. The smallest absolute Gasteiger partial charge is 0.315 e. The van der Waals surface area contributed by atoms with Gasteiger partial charge in [-0.15, -0.1) is 0 Å². The summed E-state index contributed by atoms with van der Waals surface area (Å²) in [6.45, 7) is 1.25. The number of benzene rings is 1. The van der Waals surface area contributed by atoms with E-state index >= 15 is 0 Å². The molecule has 2 saturated carbocycles. The van der Waals surface area contributed by atoms with Gasteiger partial charge in [0.05, 0.1) is 0 Å². The Balaban J connectivity index is 1.30. The lowest BCUT2D eigenvalue weighted by molar-refractivity contribution is -0.121. The lowest BCUT2D eigenvalue weighted by Gasteiger charge is -2.42. The van der Waals surface area contributed by atoms with Crippen LogP contribution in [-0.2, 0) is 10.2 Å². The van der Waals surface area contributed by atoms with Gasteiger partial charge in [-0.3, -0.25) is 4.79 Å². The molecule has 0 spiro atoms. The fraction of sp³-hybridized carbons (Fsp3) is 0.636. The van der Waals surface area contributed by atoms with Crippen LogP contribution >= 0.6 is 0 Å². The molecule has 2 aliphatic rings. The second-order valence-corrected chi connectivity index (χ2v) is 8.12. The van der Waals surface area contributed by atoms with Crippen LogP contribution in [0.2, 0.25) is 0 Å². The minimum absolute atomic E-state index is 0.0756. The highest BCUT2D eigenvalue weighted by Gasteiger charge is 2.38. The lowest BCUT2D eigenvalue weighted by atomic mass is 9.64. The standard InChI is InChI=1S/C22H33N3O2/c26-20(13-7-16-23-21(27)25-19-11-5-2-6-12-19)24-17-22(14-8-15-22)18-9-3-1-4-10-18/h1,3-4,9-10,19H,2,5-8,11-17H2,(H,24,26)(H2,23,25,27). The molecule has 2 fully saturated rings. The van der Waals surface area contributed by atoms with Crippen molar-refractivity contribution in [2.45, 2.75) is 75.7 Å². The zero-order chi connectivity index (χ0) is 19.0. The van der Waals surface area contributed by atoms with Gasteiger partial charge < -0.3 is 16.0 Å². The Bertz CT molecular complexity index is 607. The molecule has 5 nitrogen and oxygen atoms in total. The van der Waals surface area contributed by atoms with Crippen LogP contribution in [0.15, 0.2) is 30.3 Å². The summed E-state index contributed by atoms with van der Waals surface area (Å²) in [5.41, 5.74) is 1.45. The second kappa shape index (κ2) is 9.77. The summed E-state index contributed by atoms with van der Waals surface area (Å²) in [5.74, 6) is 0.0756. The van der Waals surface area contributed by atoms with Crippen LogP contribution in [0.5, 0.6) is 0 Å². The number of hydrogen-bond acceptors (Lipinski definition) is 2. The summed E-state index contributed by atoms with van der Waals surface area (Å²) < 4.78 is 0. The molecule has 3 amide bonds. The molecule has 27 heavy (non-hydrogen) atoms. The molecular formula is C22H33N3O2. The molecule has 5 heteroatoms. The number of urea groups is 1. The molecule has 0 bridgehead atoms. The molecule has 3 rings (SSSR count). The Morgan fingerprint density at radius 1 is 0.963 bits per heavy atom. The summed E-state index contributed by atoms with van der Waals surface area (Å²) in [4.78, 5) is 24.1. The van der Waals surface area contributed by atoms with Gasteiger partial charge >= 0.3 is 6.03 Å². The fourth-order valence-electron chi connectivity index (χ4n) is 4.25. The number of amides is 3. The number of hydrogen-bond donors (Lipinski definition) is 3. The molecule has 2 aliphatic carbocycles. The molecule has 0 unspecified atom stereocenters. The summed E-state index contributed by atoms with van der Waals surface area (Å²) in [7, 11) is 0. The molecule has 1 aromatic carbocycles. The predicted molar refractivity (Wildman–Crippen MR) is 108 cm³/mol. The molecule has 148 valence electrons. The Morgan fingerprint density at radius 3 is 2.37 bits per heavy atom. The summed E-state index contributed by atoms with van der Waals surface area (Å²) in [6, 6.07) is 10.7. The van der Waals surface area contributed by atoms with Crippen molar-refractivity contribution >= 4 is 11.9 Å². The predicted octanol–water partition coefficient (Wildman–Crippen LogP) is 3.64. The van der Waals surface area contributed by atoms with E-state index in [1.54, 1.807) is 0 Å². The van der Waals surface area contributed by atoms with Crippen molar-refractivity contribution in [3.05, 3.63) is 35.9 Å². The van der Waals surface area contributed by atoms with E-state index in [1.807, 2.05) is 6.07 Å². The van der Waals surface area contributed by atoms with Crippen molar-refractivity contribution in [1.82, 2.24) is 16.0 Å². The van der Waals surface area contributed by atoms with Gasteiger partial charge in [0.25, 0.3) is 0 Å². The van der Waals surface area contributed by atoms with Crippen molar-refractivity contribution in [2.24, 2.45) is 0 Å². The van der Waals surface area contributed by atoms with Crippen molar-refractivity contribution < 1.29 is 9.59 Å². The molecule has 3 N–H and O–H groups in total. The first-order chi connectivity index (χ1) is 13.2. The van der Waals surface area contributed by atoms with E-state index in [9.17, 15) is 9.59 Å². The Kier molecular flexibility index (Phi) is 7.13. The molecule has 0 radical (unpaired) electrons. The molecule has 0 saturated heterocycles. The monoisotopic (exact) mass is 371 g/mol. The molecule has 0 aliphatic heterocycles. The van der Waals surface area contributed by atoms with Crippen LogP contribution in [-0.4, -0.2) is 31.1 Å². The van der Waals surface area contributed by atoms with Gasteiger partial charge in [-0.05, 0) is 37.7 Å². The SMILES string of the molecule is O=C(CCCNC(=O)NC1CCCCC1)NCC1(c2ccccc2)CCC1. The second-order valence-electron chi connectivity index (χ2n) is 8.12. The van der Waals surface area contributed by atoms with Crippen LogP contribution in [0.1, 0.15) is 69.8 Å². The number of nitrogens with one attached hydrogen (secondary N) is 3. The van der Waals surface area contributed by atoms with Crippen molar-refractivity contribution in [2.75, 3.05) is 13.1 Å². The highest BCUT2D eigenvalue weighted by atomic mass is 16.2. The average molecular weight is 372 g/mol. The first-order valence-electron chi connectivity index (χ1n) is 10.5. The van der Waals surface area contributed by atoms with Gasteiger partial charge in [-0.25, -0.2) is 4.79 Å². The zero-order valence-corrected chi connectivity index (χ0v) is 16.3. The number of carbonyl (C=O) groups excluding carboxylic acids is 2. The van der Waals surface area contributed by atoms with Gasteiger partial charge in [-0.1, -0.05) is 56.0 Å². The highest BCUT2D eigenvalue weighted by Crippen LogP contribution is 2.43. The quantitative estimate of drug-likeness (QED) is 0.611. The lowest BCUT2D eigenvalue weighted by Crippen LogP contribution is -2.45. The third-order valence-corrected chi connectivity index (χ3v) is 6.13. The molecule has 0 aromatic heterocycles. The van der Waals surface area contributed by atoms with Gasteiger partial charge in [0.1, 0.15) is 0 Å². The Morgan fingerprint density at radius 2 is 1.70 bits per heavy atom. The van der Waals surface area contributed by atoms with E-state index in [2.05, 4.69) is 40.2 Å². The van der Waals surface area contributed by atoms with Crippen LogP contribution in [0.25, 0.3) is 0 Å². The van der Waals surface area contributed by atoms with Gasteiger partial charge in [0.2, 0.25) is 5.91 Å². The first kappa shape index (κ1) is 19.7. The van der Waals surface area contributed by atoms with E-state index in [4.69, 9.17) is 0 Å². The molecular weight excluding hydrogens is 338 g/mol. The molecule has 1 aromatic rings. The minimum atomic E-state index is -0.0974. The van der Waals surface area contributed by atoms with Crippen LogP contribution in [0.3, 0.4) is 0 Å². The third-order valence-electron chi connectivity index (χ3n) is 6.13. The summed E-state index contributed by atoms with van der Waals surface area (Å²) in [6.07, 6.45) is 10.5. The number of carbonyl (C=O) groups is 2. The molecule has 0 heterocycles. The summed E-state index contributed by atoms with van der Waals surface area (Å²) in [5, 5.41) is 9.02. The van der Waals surface area contributed by atoms with Crippen molar-refractivity contribution in [1.29, 1.82) is 0 Å². The van der Waals surface area contributed by atoms with E-state index < -0.39 is 0 Å². The van der Waals surface area contributed by atoms with Crippen LogP contribution in [0.4, 0.5) is 4.79 Å². The van der Waals surface area contributed by atoms with Gasteiger partial charge in [0, 0.05) is 31.0 Å². The van der Waals surface area contributed by atoms with E-state index in [1.165, 1.54) is 31.2 Å². The van der Waals surface area contributed by atoms with E-state index in [0.29, 0.717) is 32.0 Å². The maximum atomic E-state index is 12.2. The summed E-state index contributed by atoms with van der Waals surface area (Å²) >= 11 is 0. The Labute approximate surface area is 162 Å². The Hall–Kier alpha value is -2.04. The van der Waals surface area contributed by atoms with Crippen LogP contribution in [0, 0.1) is 0 Å². The first-order valence-corrected chi connectivity index (χ1v) is 10.5. The van der Waals surface area contributed by atoms with Crippen molar-refractivity contribution in [3.63, 3.8) is 0 Å². The maximum absolute atomic E-state index is 12.2. The normalized spacial score (nSPS) is 19.0. The van der Waals surface area contributed by atoms with E-state index in [-0.39, 0.29) is 17.4 Å². The number of rotatable bonds is 8. The van der Waals surface area contributed by atoms with Gasteiger partial charge in [0.15, 0.2) is 0 Å². The van der Waals surface area contributed by atoms with Crippen LogP contribution < -0.4 is 16.0 Å². The third kappa shape index (κ3) is 5.72. The fourth-order valence-corrected chi connectivity index (χ4v) is 4.25.